The van der Waals surface area contributed by atoms with Gasteiger partial charge in [0.15, 0.2) is 11.5 Å². The number of esters is 1. The van der Waals surface area contributed by atoms with Crippen LogP contribution >= 0.6 is 0 Å². The van der Waals surface area contributed by atoms with Crippen LogP contribution in [0, 0.1) is 0 Å². The van der Waals surface area contributed by atoms with Crippen molar-refractivity contribution in [1.29, 1.82) is 0 Å². The summed E-state index contributed by atoms with van der Waals surface area (Å²) in [7, 11) is 1.57. The van der Waals surface area contributed by atoms with Crippen LogP contribution in [0.15, 0.2) is 29.5 Å². The van der Waals surface area contributed by atoms with E-state index in [1.165, 1.54) is 0 Å². The monoisotopic (exact) mass is 345 g/mol. The molecule has 2 heterocycles. The Hall–Kier alpha value is -2.50. The van der Waals surface area contributed by atoms with Crippen molar-refractivity contribution < 1.29 is 23.8 Å². The highest BCUT2D eigenvalue weighted by atomic mass is 16.6. The van der Waals surface area contributed by atoms with Gasteiger partial charge in [-0.2, -0.15) is 0 Å². The molecule has 1 aromatic carbocycles. The largest absolute Gasteiger partial charge is 0.493 e. The van der Waals surface area contributed by atoms with Crippen molar-refractivity contribution >= 4 is 11.9 Å². The summed E-state index contributed by atoms with van der Waals surface area (Å²) in [6.45, 7) is 7.42. The smallest absolute Gasteiger partial charge is 0.337 e. The molecule has 1 unspecified atom stereocenters. The Kier molecular flexibility index (Phi) is 4.22. The minimum absolute atomic E-state index is 0.0140. The Labute approximate surface area is 147 Å². The van der Waals surface area contributed by atoms with Gasteiger partial charge >= 0.3 is 5.97 Å². The summed E-state index contributed by atoms with van der Waals surface area (Å²) in [5, 5.41) is 2.80. The van der Waals surface area contributed by atoms with Gasteiger partial charge in [0.05, 0.1) is 24.5 Å². The van der Waals surface area contributed by atoms with Crippen LogP contribution < -0.4 is 14.8 Å². The summed E-state index contributed by atoms with van der Waals surface area (Å²) in [5.41, 5.74) is 1.07. The van der Waals surface area contributed by atoms with E-state index in [-0.39, 0.29) is 30.3 Å². The third-order valence-corrected chi connectivity index (χ3v) is 4.39. The number of hydrogen-bond donors (Lipinski definition) is 1. The zero-order valence-electron chi connectivity index (χ0n) is 15.1. The first-order valence-corrected chi connectivity index (χ1v) is 8.35. The molecule has 0 aromatic heterocycles. The van der Waals surface area contributed by atoms with E-state index < -0.39 is 5.60 Å². The normalized spacial score (nSPS) is 21.8. The summed E-state index contributed by atoms with van der Waals surface area (Å²) >= 11 is 0. The van der Waals surface area contributed by atoms with Crippen LogP contribution in [-0.4, -0.2) is 30.7 Å². The first-order chi connectivity index (χ1) is 11.7. The van der Waals surface area contributed by atoms with Gasteiger partial charge in [-0.05, 0) is 45.4 Å². The van der Waals surface area contributed by atoms with Crippen molar-refractivity contribution in [2.75, 3.05) is 7.11 Å². The van der Waals surface area contributed by atoms with E-state index in [2.05, 4.69) is 5.32 Å². The Morgan fingerprint density at radius 2 is 1.96 bits per heavy atom. The highest BCUT2D eigenvalue weighted by molar-refractivity contribution is 5.99. The van der Waals surface area contributed by atoms with E-state index in [0.717, 1.165) is 5.56 Å². The topological polar surface area (TPSA) is 73.9 Å². The van der Waals surface area contributed by atoms with Crippen molar-refractivity contribution in [3.05, 3.63) is 35.0 Å². The number of methoxy groups -OCH3 is 1. The van der Waals surface area contributed by atoms with Crippen molar-refractivity contribution in [3.63, 3.8) is 0 Å². The van der Waals surface area contributed by atoms with Crippen LogP contribution in [0.3, 0.4) is 0 Å². The van der Waals surface area contributed by atoms with Crippen LogP contribution in [-0.2, 0) is 14.3 Å². The van der Waals surface area contributed by atoms with Crippen LogP contribution in [0.4, 0.5) is 0 Å². The van der Waals surface area contributed by atoms with E-state index in [1.807, 2.05) is 32.0 Å². The van der Waals surface area contributed by atoms with Gasteiger partial charge < -0.3 is 19.5 Å². The lowest BCUT2D eigenvalue weighted by Crippen LogP contribution is -2.38. The average molecular weight is 345 g/mol. The Morgan fingerprint density at radius 1 is 1.24 bits per heavy atom. The molecule has 25 heavy (non-hydrogen) atoms. The number of carbonyl (C=O) groups is 2. The maximum absolute atomic E-state index is 12.4. The van der Waals surface area contributed by atoms with Crippen molar-refractivity contribution in [2.45, 2.75) is 51.7 Å². The van der Waals surface area contributed by atoms with Gasteiger partial charge in [-0.25, -0.2) is 4.79 Å². The molecule has 1 amide bonds. The zero-order chi connectivity index (χ0) is 18.4. The third kappa shape index (κ3) is 3.08. The van der Waals surface area contributed by atoms with E-state index in [9.17, 15) is 9.59 Å². The lowest BCUT2D eigenvalue weighted by Gasteiger charge is -2.27. The van der Waals surface area contributed by atoms with Crippen LogP contribution in [0.2, 0.25) is 0 Å². The van der Waals surface area contributed by atoms with Crippen molar-refractivity contribution in [1.82, 2.24) is 5.32 Å². The predicted molar refractivity (Wildman–Crippen MR) is 91.5 cm³/mol. The standard InChI is InChI=1S/C19H23NO5/c1-10(2)24-13-7-6-11(8-14(13)23-5)12-9-15(21)20-17-16(12)18(22)25-19(17,3)4/h6-8,10,12H,9H2,1-5H3,(H,20,21). The summed E-state index contributed by atoms with van der Waals surface area (Å²) in [4.78, 5) is 24.6. The molecule has 0 bridgehead atoms. The molecule has 0 spiro atoms. The van der Waals surface area contributed by atoms with Gasteiger partial charge in [-0.3, -0.25) is 4.79 Å². The van der Waals surface area contributed by atoms with E-state index in [4.69, 9.17) is 14.2 Å². The Bertz CT molecular complexity index is 763. The van der Waals surface area contributed by atoms with Crippen molar-refractivity contribution in [2.24, 2.45) is 0 Å². The second kappa shape index (κ2) is 6.10. The van der Waals surface area contributed by atoms with Gasteiger partial charge in [0.1, 0.15) is 5.60 Å². The quantitative estimate of drug-likeness (QED) is 0.849. The second-order valence-electron chi connectivity index (χ2n) is 7.07. The maximum atomic E-state index is 12.4. The number of cyclic esters (lactones) is 1. The van der Waals surface area contributed by atoms with E-state index in [0.29, 0.717) is 22.8 Å². The summed E-state index contributed by atoms with van der Waals surface area (Å²) < 4.78 is 16.6. The molecule has 0 fully saturated rings. The lowest BCUT2D eigenvalue weighted by atomic mass is 9.82. The molecule has 0 radical (unpaired) electrons. The first-order valence-electron chi connectivity index (χ1n) is 8.35. The third-order valence-electron chi connectivity index (χ3n) is 4.39. The number of ether oxygens (including phenoxy) is 3. The molecule has 6 heteroatoms. The summed E-state index contributed by atoms with van der Waals surface area (Å²) in [5.74, 6) is 0.332. The molecule has 2 aliphatic rings. The first kappa shape index (κ1) is 17.3. The SMILES string of the molecule is COc1cc(C2CC(=O)NC3=C2C(=O)OC3(C)C)ccc1OC(C)C. The molecule has 1 atom stereocenters. The predicted octanol–water partition coefficient (Wildman–Crippen LogP) is 2.68. The lowest BCUT2D eigenvalue weighted by molar-refractivity contribution is -0.144. The zero-order valence-corrected chi connectivity index (χ0v) is 15.1. The molecule has 134 valence electrons. The molecule has 2 aliphatic heterocycles. The molecular weight excluding hydrogens is 322 g/mol. The number of carbonyl (C=O) groups excluding carboxylic acids is 2. The molecule has 0 saturated carbocycles. The van der Waals surface area contributed by atoms with Gasteiger partial charge in [-0.15, -0.1) is 0 Å². The number of hydrogen-bond acceptors (Lipinski definition) is 5. The van der Waals surface area contributed by atoms with Gasteiger partial charge in [0.2, 0.25) is 5.91 Å². The average Bonchev–Trinajstić information content (AvgIpc) is 2.75. The van der Waals surface area contributed by atoms with E-state index in [1.54, 1.807) is 21.0 Å². The molecule has 3 rings (SSSR count). The number of nitrogens with one attached hydrogen (secondary N) is 1. The maximum Gasteiger partial charge on any atom is 0.337 e. The Balaban J connectivity index is 2.05. The van der Waals surface area contributed by atoms with E-state index >= 15 is 0 Å². The minimum atomic E-state index is -0.828. The molecule has 6 nitrogen and oxygen atoms in total. The molecule has 0 aliphatic carbocycles. The summed E-state index contributed by atoms with van der Waals surface area (Å²) in [6.07, 6.45) is 0.206. The fourth-order valence-electron chi connectivity index (χ4n) is 3.31. The van der Waals surface area contributed by atoms with Crippen LogP contribution in [0.1, 0.15) is 45.6 Å². The van der Waals surface area contributed by atoms with Crippen LogP contribution in [0.25, 0.3) is 0 Å². The fraction of sp³-hybridized carbons (Fsp3) is 0.474. The molecule has 1 aromatic rings. The number of rotatable bonds is 4. The van der Waals surface area contributed by atoms with Crippen molar-refractivity contribution in [3.8, 4) is 11.5 Å². The molecule has 0 saturated heterocycles. The molecular formula is C19H23NO5. The number of benzene rings is 1. The fourth-order valence-corrected chi connectivity index (χ4v) is 3.31. The summed E-state index contributed by atoms with van der Waals surface area (Å²) in [6, 6.07) is 5.50. The minimum Gasteiger partial charge on any atom is -0.493 e. The highest BCUT2D eigenvalue weighted by Gasteiger charge is 2.47. The Morgan fingerprint density at radius 3 is 2.60 bits per heavy atom. The van der Waals surface area contributed by atoms with Gasteiger partial charge in [0, 0.05) is 12.3 Å². The number of amides is 1. The molecule has 1 N–H and O–H groups in total. The second-order valence-corrected chi connectivity index (χ2v) is 7.07. The highest BCUT2D eigenvalue weighted by Crippen LogP contribution is 2.44. The van der Waals surface area contributed by atoms with Gasteiger partial charge in [0.25, 0.3) is 0 Å². The van der Waals surface area contributed by atoms with Gasteiger partial charge in [-0.1, -0.05) is 6.07 Å². The van der Waals surface area contributed by atoms with Crippen LogP contribution in [0.5, 0.6) is 11.5 Å².